The molecule has 0 atom stereocenters. The zero-order chi connectivity index (χ0) is 21.6. The average molecular weight is 485 g/mol. The van der Waals surface area contributed by atoms with Gasteiger partial charge in [0.15, 0.2) is 5.13 Å². The van der Waals surface area contributed by atoms with Crippen LogP contribution in [0.3, 0.4) is 0 Å². The van der Waals surface area contributed by atoms with E-state index in [1.807, 2.05) is 18.2 Å². The van der Waals surface area contributed by atoms with Gasteiger partial charge in [0, 0.05) is 42.0 Å². The lowest BCUT2D eigenvalue weighted by atomic mass is 10.2. The number of alkyl halides is 2. The number of hydrogen-bond acceptors (Lipinski definition) is 6. The number of aromatic nitrogens is 2. The lowest BCUT2D eigenvalue weighted by molar-refractivity contribution is 0.102. The van der Waals surface area contributed by atoms with Gasteiger partial charge in [-0.25, -0.2) is 13.4 Å². The summed E-state index contributed by atoms with van der Waals surface area (Å²) in [4.78, 5) is 21.2. The van der Waals surface area contributed by atoms with Crippen molar-refractivity contribution in [1.82, 2.24) is 14.3 Å². The molecular weight excluding hydrogens is 467 g/mol. The van der Waals surface area contributed by atoms with Crippen molar-refractivity contribution in [1.29, 1.82) is 0 Å². The second-order valence-electron chi connectivity index (χ2n) is 6.01. The summed E-state index contributed by atoms with van der Waals surface area (Å²) < 4.78 is 26.7. The molecule has 0 saturated carbocycles. The Hall–Kier alpha value is -2.04. The first-order valence-corrected chi connectivity index (χ1v) is 12.2. The summed E-state index contributed by atoms with van der Waals surface area (Å²) in [7, 11) is -3.74. The largest absolute Gasteiger partial charge is 0.298 e. The first-order valence-electron chi connectivity index (χ1n) is 8.86. The predicted molar refractivity (Wildman–Crippen MR) is 120 cm³/mol. The number of hydrogen-bond donors (Lipinski definition) is 1. The molecule has 158 valence electrons. The Bertz CT molecular complexity index is 1080. The molecule has 0 unspecified atom stereocenters. The lowest BCUT2D eigenvalue weighted by Crippen LogP contribution is -2.34. The molecule has 3 aromatic rings. The molecule has 0 fully saturated rings. The number of carbonyl (C=O) groups is 1. The standard InChI is InChI=1S/C19H18Cl2N4O3S2/c20-8-11-25(12-9-21)30(27,28)15-6-4-14(5-7-15)18(26)24-19-23-17(13-29-19)16-3-1-2-10-22-16/h1-7,10,13H,8-9,11-12H2,(H,23,24,26). The van der Waals surface area contributed by atoms with Gasteiger partial charge in [0.1, 0.15) is 5.69 Å². The Kier molecular flexibility index (Phi) is 7.79. The summed E-state index contributed by atoms with van der Waals surface area (Å²) in [5.74, 6) is -0.0743. The topological polar surface area (TPSA) is 92.3 Å². The summed E-state index contributed by atoms with van der Waals surface area (Å²) >= 11 is 12.7. The van der Waals surface area contributed by atoms with E-state index in [2.05, 4.69) is 15.3 Å². The number of amides is 1. The monoisotopic (exact) mass is 484 g/mol. The number of benzene rings is 1. The van der Waals surface area contributed by atoms with Crippen molar-refractivity contribution in [3.63, 3.8) is 0 Å². The Morgan fingerprint density at radius 3 is 2.33 bits per heavy atom. The summed E-state index contributed by atoms with van der Waals surface area (Å²) in [5.41, 5.74) is 1.68. The number of nitrogens with one attached hydrogen (secondary N) is 1. The second kappa shape index (κ2) is 10.3. The maximum Gasteiger partial charge on any atom is 0.257 e. The van der Waals surface area contributed by atoms with Crippen LogP contribution in [0.5, 0.6) is 0 Å². The van der Waals surface area contributed by atoms with Gasteiger partial charge in [-0.3, -0.25) is 15.1 Å². The zero-order valence-corrected chi connectivity index (χ0v) is 18.8. The van der Waals surface area contributed by atoms with E-state index >= 15 is 0 Å². The van der Waals surface area contributed by atoms with Crippen LogP contribution in [0.25, 0.3) is 11.4 Å². The molecule has 0 aliphatic rings. The molecule has 0 aliphatic heterocycles. The highest BCUT2D eigenvalue weighted by atomic mass is 35.5. The number of halogens is 2. The van der Waals surface area contributed by atoms with E-state index in [1.54, 1.807) is 11.6 Å². The number of anilines is 1. The number of rotatable bonds is 9. The van der Waals surface area contributed by atoms with Gasteiger partial charge in [-0.05, 0) is 36.4 Å². The summed E-state index contributed by atoms with van der Waals surface area (Å²) in [6.45, 7) is 0.309. The first kappa shape index (κ1) is 22.6. The van der Waals surface area contributed by atoms with Crippen molar-refractivity contribution in [2.75, 3.05) is 30.2 Å². The highest BCUT2D eigenvalue weighted by Crippen LogP contribution is 2.24. The zero-order valence-electron chi connectivity index (χ0n) is 15.7. The molecule has 1 amide bonds. The number of carbonyl (C=O) groups excluding carboxylic acids is 1. The molecule has 0 bridgehead atoms. The summed E-state index contributed by atoms with van der Waals surface area (Å²) in [5, 5.41) is 4.94. The molecule has 11 heteroatoms. The summed E-state index contributed by atoms with van der Waals surface area (Å²) in [6, 6.07) is 11.2. The molecule has 3 rings (SSSR count). The van der Waals surface area contributed by atoms with Gasteiger partial charge in [-0.2, -0.15) is 4.31 Å². The molecule has 30 heavy (non-hydrogen) atoms. The van der Waals surface area contributed by atoms with Gasteiger partial charge < -0.3 is 0 Å². The van der Waals surface area contributed by atoms with Crippen molar-refractivity contribution in [2.45, 2.75) is 4.90 Å². The molecule has 7 nitrogen and oxygen atoms in total. The third-order valence-electron chi connectivity index (χ3n) is 4.07. The van der Waals surface area contributed by atoms with E-state index in [0.29, 0.717) is 22.1 Å². The van der Waals surface area contributed by atoms with Gasteiger partial charge in [-0.1, -0.05) is 6.07 Å². The van der Waals surface area contributed by atoms with Crippen LogP contribution < -0.4 is 5.32 Å². The number of pyridine rings is 1. The van der Waals surface area contributed by atoms with Crippen LogP contribution in [0.1, 0.15) is 10.4 Å². The van der Waals surface area contributed by atoms with Crippen LogP contribution in [0.4, 0.5) is 5.13 Å². The van der Waals surface area contributed by atoms with E-state index in [1.165, 1.54) is 39.9 Å². The molecule has 0 spiro atoms. The van der Waals surface area contributed by atoms with Gasteiger partial charge in [0.2, 0.25) is 10.0 Å². The minimum absolute atomic E-state index is 0.0703. The molecule has 1 aromatic carbocycles. The Labute approximate surface area is 188 Å². The highest BCUT2D eigenvalue weighted by molar-refractivity contribution is 7.89. The Balaban J connectivity index is 1.72. The van der Waals surface area contributed by atoms with Crippen LogP contribution in [-0.2, 0) is 10.0 Å². The van der Waals surface area contributed by atoms with E-state index in [9.17, 15) is 13.2 Å². The van der Waals surface area contributed by atoms with Crippen molar-refractivity contribution >= 4 is 55.6 Å². The summed E-state index contributed by atoms with van der Waals surface area (Å²) in [6.07, 6.45) is 1.67. The third-order valence-corrected chi connectivity index (χ3v) is 7.08. The fraction of sp³-hybridized carbons (Fsp3) is 0.211. The highest BCUT2D eigenvalue weighted by Gasteiger charge is 2.23. The van der Waals surface area contributed by atoms with Crippen molar-refractivity contribution in [2.24, 2.45) is 0 Å². The number of thiazole rings is 1. The molecule has 0 aliphatic carbocycles. The fourth-order valence-corrected chi connectivity index (χ4v) is 5.35. The van der Waals surface area contributed by atoms with E-state index in [0.717, 1.165) is 0 Å². The van der Waals surface area contributed by atoms with Crippen LogP contribution in [-0.4, -0.2) is 53.4 Å². The smallest absolute Gasteiger partial charge is 0.257 e. The number of nitrogens with zero attached hydrogens (tertiary/aromatic N) is 3. The maximum atomic E-state index is 12.7. The average Bonchev–Trinajstić information content (AvgIpc) is 3.23. The fourth-order valence-electron chi connectivity index (χ4n) is 2.60. The third kappa shape index (κ3) is 5.35. The normalized spacial score (nSPS) is 11.6. The van der Waals surface area contributed by atoms with Crippen LogP contribution in [0, 0.1) is 0 Å². The van der Waals surface area contributed by atoms with E-state index in [4.69, 9.17) is 23.2 Å². The molecule has 1 N–H and O–H groups in total. The molecule has 2 aromatic heterocycles. The molecule has 2 heterocycles. The van der Waals surface area contributed by atoms with E-state index < -0.39 is 10.0 Å². The van der Waals surface area contributed by atoms with E-state index in [-0.39, 0.29) is 35.7 Å². The first-order chi connectivity index (χ1) is 14.5. The van der Waals surface area contributed by atoms with Crippen LogP contribution in [0.15, 0.2) is 58.9 Å². The van der Waals surface area contributed by atoms with Gasteiger partial charge in [0.25, 0.3) is 5.91 Å². The molecular formula is C19H18Cl2N4O3S2. The van der Waals surface area contributed by atoms with Gasteiger partial charge in [0.05, 0.1) is 10.6 Å². The Morgan fingerprint density at radius 1 is 1.03 bits per heavy atom. The lowest BCUT2D eigenvalue weighted by Gasteiger charge is -2.20. The van der Waals surface area contributed by atoms with Crippen molar-refractivity contribution in [3.05, 3.63) is 59.6 Å². The maximum absolute atomic E-state index is 12.7. The number of sulfonamides is 1. The minimum atomic E-state index is -3.74. The Morgan fingerprint density at radius 2 is 1.73 bits per heavy atom. The predicted octanol–water partition coefficient (Wildman–Crippen LogP) is 3.93. The van der Waals surface area contributed by atoms with Gasteiger partial charge >= 0.3 is 0 Å². The van der Waals surface area contributed by atoms with Crippen LogP contribution in [0.2, 0.25) is 0 Å². The molecule has 0 saturated heterocycles. The second-order valence-corrected chi connectivity index (χ2v) is 9.57. The molecule has 0 radical (unpaired) electrons. The van der Waals surface area contributed by atoms with Crippen molar-refractivity contribution in [3.8, 4) is 11.4 Å². The van der Waals surface area contributed by atoms with Crippen molar-refractivity contribution < 1.29 is 13.2 Å². The quantitative estimate of drug-likeness (QED) is 0.464. The minimum Gasteiger partial charge on any atom is -0.298 e. The SMILES string of the molecule is O=C(Nc1nc(-c2ccccn2)cs1)c1ccc(S(=O)(=O)N(CCCl)CCCl)cc1. The van der Waals surface area contributed by atoms with Gasteiger partial charge in [-0.15, -0.1) is 34.5 Å². The van der Waals surface area contributed by atoms with Crippen LogP contribution >= 0.6 is 34.5 Å².